The summed E-state index contributed by atoms with van der Waals surface area (Å²) in [4.78, 5) is 27.4. The van der Waals surface area contributed by atoms with Crippen molar-refractivity contribution in [3.05, 3.63) is 27.9 Å². The van der Waals surface area contributed by atoms with E-state index >= 15 is 0 Å². The van der Waals surface area contributed by atoms with E-state index in [9.17, 15) is 18.0 Å². The van der Waals surface area contributed by atoms with Gasteiger partial charge in [-0.2, -0.15) is 4.31 Å². The Bertz CT molecular complexity index is 994. The molecule has 2 N–H and O–H groups in total. The number of nitrogens with zero attached hydrogens (tertiary/aromatic N) is 2. The first-order valence-corrected chi connectivity index (χ1v) is 12.3. The third kappa shape index (κ3) is 3.91. The molecule has 4 heterocycles. The van der Waals surface area contributed by atoms with E-state index in [1.807, 2.05) is 0 Å². The largest absolute Gasteiger partial charge is 0.448 e. The van der Waals surface area contributed by atoms with Gasteiger partial charge in [0, 0.05) is 30.6 Å². The maximum atomic E-state index is 13.1. The average Bonchev–Trinajstić information content (AvgIpc) is 3.36. The third-order valence-corrected chi connectivity index (χ3v) is 8.98. The SMILES string of the molecule is Cc1oc(S(=O)(=O)N2CCCCC2)cc1C(=O)N1CCC2=C(C1)SC(C(=O)NO)C2. The molecule has 164 valence electrons. The van der Waals surface area contributed by atoms with Crippen LogP contribution in [0.4, 0.5) is 0 Å². The van der Waals surface area contributed by atoms with Crippen LogP contribution in [-0.4, -0.2) is 66.1 Å². The first kappa shape index (κ1) is 21.4. The Hall–Kier alpha value is -1.82. The molecule has 0 aliphatic carbocycles. The monoisotopic (exact) mass is 455 g/mol. The summed E-state index contributed by atoms with van der Waals surface area (Å²) in [6.45, 7) is 3.39. The van der Waals surface area contributed by atoms with Gasteiger partial charge in [0.25, 0.3) is 21.8 Å². The minimum atomic E-state index is -3.75. The summed E-state index contributed by atoms with van der Waals surface area (Å²) >= 11 is 1.36. The van der Waals surface area contributed by atoms with E-state index in [1.54, 1.807) is 17.3 Å². The van der Waals surface area contributed by atoms with Gasteiger partial charge in [-0.15, -0.1) is 11.8 Å². The predicted molar refractivity (Wildman–Crippen MR) is 110 cm³/mol. The molecular formula is C19H25N3O6S2. The molecule has 1 atom stereocenters. The summed E-state index contributed by atoms with van der Waals surface area (Å²) in [5, 5.41) is 8.29. The van der Waals surface area contributed by atoms with Crippen LogP contribution in [0.3, 0.4) is 0 Å². The average molecular weight is 456 g/mol. The number of carbonyl (C=O) groups is 2. The number of hydrogen-bond acceptors (Lipinski definition) is 7. The van der Waals surface area contributed by atoms with Crippen LogP contribution in [-0.2, 0) is 14.8 Å². The molecule has 1 unspecified atom stereocenters. The Balaban J connectivity index is 1.49. The lowest BCUT2D eigenvalue weighted by Crippen LogP contribution is -2.36. The van der Waals surface area contributed by atoms with E-state index in [2.05, 4.69) is 0 Å². The quantitative estimate of drug-likeness (QED) is 0.525. The Labute approximate surface area is 179 Å². The number of nitrogens with one attached hydrogen (secondary N) is 1. The standard InChI is InChI=1S/C19H25N3O6S2/c1-12-14(10-17(28-12)30(26,27)22-6-3-2-4-7-22)19(24)21-8-5-13-9-15(18(23)20-25)29-16(13)11-21/h10,15,25H,2-9,11H2,1H3,(H,20,23). The summed E-state index contributed by atoms with van der Waals surface area (Å²) in [7, 11) is -3.75. The fraction of sp³-hybridized carbons (Fsp3) is 0.579. The van der Waals surface area contributed by atoms with Crippen molar-refractivity contribution in [2.75, 3.05) is 26.2 Å². The minimum absolute atomic E-state index is 0.183. The van der Waals surface area contributed by atoms with Crippen molar-refractivity contribution in [3.63, 3.8) is 0 Å². The lowest BCUT2D eigenvalue weighted by atomic mass is 10.0. The molecule has 3 aliphatic rings. The second kappa shape index (κ2) is 8.37. The van der Waals surface area contributed by atoms with Gasteiger partial charge in [0.1, 0.15) is 5.76 Å². The zero-order chi connectivity index (χ0) is 21.5. The molecule has 4 rings (SSSR count). The number of furan rings is 1. The van der Waals surface area contributed by atoms with Crippen molar-refractivity contribution >= 4 is 33.6 Å². The van der Waals surface area contributed by atoms with Crippen molar-refractivity contribution in [2.24, 2.45) is 0 Å². The Kier molecular flexibility index (Phi) is 5.97. The van der Waals surface area contributed by atoms with Gasteiger partial charge in [-0.25, -0.2) is 13.9 Å². The zero-order valence-corrected chi connectivity index (χ0v) is 18.4. The number of rotatable bonds is 4. The molecule has 0 spiro atoms. The Morgan fingerprint density at radius 3 is 2.67 bits per heavy atom. The first-order valence-electron chi connectivity index (χ1n) is 10.0. The van der Waals surface area contributed by atoms with Crippen molar-refractivity contribution in [2.45, 2.75) is 49.4 Å². The topological polar surface area (TPSA) is 120 Å². The zero-order valence-electron chi connectivity index (χ0n) is 16.7. The Morgan fingerprint density at radius 2 is 1.97 bits per heavy atom. The van der Waals surface area contributed by atoms with Crippen molar-refractivity contribution in [3.8, 4) is 0 Å². The summed E-state index contributed by atoms with van der Waals surface area (Å²) in [5.41, 5.74) is 3.07. The maximum absolute atomic E-state index is 13.1. The molecule has 1 fully saturated rings. The van der Waals surface area contributed by atoms with E-state index in [0.717, 1.165) is 29.7 Å². The number of sulfonamides is 1. The number of hydroxylamine groups is 1. The number of aryl methyl sites for hydroxylation is 1. The molecule has 0 bridgehead atoms. The maximum Gasteiger partial charge on any atom is 0.276 e. The highest BCUT2D eigenvalue weighted by Gasteiger charge is 2.36. The van der Waals surface area contributed by atoms with Crippen LogP contribution in [0, 0.1) is 6.92 Å². The highest BCUT2D eigenvalue weighted by molar-refractivity contribution is 8.04. The van der Waals surface area contributed by atoms with Crippen LogP contribution >= 0.6 is 11.8 Å². The van der Waals surface area contributed by atoms with E-state index in [0.29, 0.717) is 39.0 Å². The summed E-state index contributed by atoms with van der Waals surface area (Å²) in [5.74, 6) is -0.434. The predicted octanol–water partition coefficient (Wildman–Crippen LogP) is 1.87. The van der Waals surface area contributed by atoms with Gasteiger partial charge >= 0.3 is 0 Å². The number of amides is 2. The first-order chi connectivity index (χ1) is 14.3. The van der Waals surface area contributed by atoms with Crippen LogP contribution in [0.5, 0.6) is 0 Å². The lowest BCUT2D eigenvalue weighted by Gasteiger charge is -2.27. The highest BCUT2D eigenvalue weighted by Crippen LogP contribution is 2.42. The van der Waals surface area contributed by atoms with Crippen LogP contribution in [0.25, 0.3) is 0 Å². The van der Waals surface area contributed by atoms with Crippen molar-refractivity contribution in [1.82, 2.24) is 14.7 Å². The summed E-state index contributed by atoms with van der Waals surface area (Å²) in [6, 6.07) is 1.34. The van der Waals surface area contributed by atoms with Crippen LogP contribution in [0.1, 0.15) is 48.2 Å². The molecule has 1 aromatic rings. The van der Waals surface area contributed by atoms with Crippen LogP contribution in [0.15, 0.2) is 26.1 Å². The molecule has 0 saturated carbocycles. The lowest BCUT2D eigenvalue weighted by molar-refractivity contribution is -0.128. The molecule has 11 heteroatoms. The normalized spacial score (nSPS) is 22.9. The fourth-order valence-electron chi connectivity index (χ4n) is 4.14. The van der Waals surface area contributed by atoms with Gasteiger partial charge in [-0.3, -0.25) is 14.8 Å². The number of hydrogen-bond donors (Lipinski definition) is 2. The van der Waals surface area contributed by atoms with Gasteiger partial charge in [0.05, 0.1) is 17.4 Å². The second-order valence-corrected chi connectivity index (χ2v) is 11.0. The summed E-state index contributed by atoms with van der Waals surface area (Å²) < 4.78 is 32.7. The highest BCUT2D eigenvalue weighted by atomic mass is 32.2. The van der Waals surface area contributed by atoms with E-state index < -0.39 is 15.9 Å². The molecule has 1 saturated heterocycles. The van der Waals surface area contributed by atoms with E-state index in [1.165, 1.54) is 22.1 Å². The van der Waals surface area contributed by atoms with Crippen molar-refractivity contribution < 1.29 is 27.6 Å². The second-order valence-electron chi connectivity index (χ2n) is 7.79. The van der Waals surface area contributed by atoms with Crippen molar-refractivity contribution in [1.29, 1.82) is 0 Å². The van der Waals surface area contributed by atoms with Gasteiger partial charge < -0.3 is 9.32 Å². The van der Waals surface area contributed by atoms with E-state index in [4.69, 9.17) is 9.62 Å². The smallest absolute Gasteiger partial charge is 0.276 e. The van der Waals surface area contributed by atoms with E-state index in [-0.39, 0.29) is 27.6 Å². The number of carbonyl (C=O) groups excluding carboxylic acids is 2. The molecule has 1 aromatic heterocycles. The van der Waals surface area contributed by atoms with Gasteiger partial charge in [-0.1, -0.05) is 12.0 Å². The fourth-order valence-corrected chi connectivity index (χ4v) is 7.00. The number of piperidine rings is 1. The molecule has 9 nitrogen and oxygen atoms in total. The third-order valence-electron chi connectivity index (χ3n) is 5.85. The van der Waals surface area contributed by atoms with Gasteiger partial charge in [0.2, 0.25) is 5.09 Å². The molecule has 0 radical (unpaired) electrons. The number of thioether (sulfide) groups is 1. The molecule has 0 aromatic carbocycles. The van der Waals surface area contributed by atoms with Crippen LogP contribution < -0.4 is 5.48 Å². The minimum Gasteiger partial charge on any atom is -0.448 e. The summed E-state index contributed by atoms with van der Waals surface area (Å²) in [6.07, 6.45) is 3.88. The Morgan fingerprint density at radius 1 is 1.23 bits per heavy atom. The molecule has 3 aliphatic heterocycles. The van der Waals surface area contributed by atoms with Crippen LogP contribution in [0.2, 0.25) is 0 Å². The van der Waals surface area contributed by atoms with Gasteiger partial charge in [0.15, 0.2) is 0 Å². The molecule has 30 heavy (non-hydrogen) atoms. The molecular weight excluding hydrogens is 430 g/mol. The van der Waals surface area contributed by atoms with Gasteiger partial charge in [-0.05, 0) is 32.6 Å². The molecule has 2 amide bonds.